The summed E-state index contributed by atoms with van der Waals surface area (Å²) in [5, 5.41) is 6.33. The summed E-state index contributed by atoms with van der Waals surface area (Å²) in [6.07, 6.45) is 2.98. The molecule has 0 unspecified atom stereocenters. The van der Waals surface area contributed by atoms with Crippen LogP contribution < -0.4 is 20.1 Å². The Balaban J connectivity index is 1.64. The fraction of sp³-hybridized carbons (Fsp3) is 0.600. The molecule has 0 radical (unpaired) electrons. The lowest BCUT2D eigenvalue weighted by Gasteiger charge is -2.32. The van der Waals surface area contributed by atoms with E-state index in [1.807, 2.05) is 0 Å². The van der Waals surface area contributed by atoms with E-state index in [4.69, 9.17) is 14.5 Å². The van der Waals surface area contributed by atoms with Gasteiger partial charge in [-0.25, -0.2) is 0 Å². The van der Waals surface area contributed by atoms with Crippen molar-refractivity contribution in [2.24, 2.45) is 10.9 Å². The zero-order valence-electron chi connectivity index (χ0n) is 16.5. The van der Waals surface area contributed by atoms with Gasteiger partial charge >= 0.3 is 0 Å². The molecule has 27 heavy (non-hydrogen) atoms. The van der Waals surface area contributed by atoms with Gasteiger partial charge in [-0.1, -0.05) is 0 Å². The van der Waals surface area contributed by atoms with Crippen LogP contribution in [0.3, 0.4) is 0 Å². The maximum atomic E-state index is 11.7. The van der Waals surface area contributed by atoms with E-state index >= 15 is 0 Å². The smallest absolute Gasteiger partial charge is 0.223 e. The predicted octanol–water partition coefficient (Wildman–Crippen LogP) is 1.55. The fourth-order valence-electron chi connectivity index (χ4n) is 3.32. The monoisotopic (exact) mass is 374 g/mol. The third-order valence-electron chi connectivity index (χ3n) is 4.97. The number of ether oxygens (including phenoxy) is 2. The van der Waals surface area contributed by atoms with Gasteiger partial charge in [-0.05, 0) is 49.4 Å². The lowest BCUT2D eigenvalue weighted by molar-refractivity contribution is -0.122. The van der Waals surface area contributed by atoms with Crippen molar-refractivity contribution < 1.29 is 14.3 Å². The van der Waals surface area contributed by atoms with Crippen LogP contribution in [0.4, 0.5) is 0 Å². The lowest BCUT2D eigenvalue weighted by atomic mass is 9.99. The molecule has 1 saturated carbocycles. The van der Waals surface area contributed by atoms with E-state index in [9.17, 15) is 4.79 Å². The second kappa shape index (κ2) is 8.97. The molecule has 0 aromatic heterocycles. The minimum absolute atomic E-state index is 0.170. The summed E-state index contributed by atoms with van der Waals surface area (Å²) < 4.78 is 10.9. The molecule has 1 aliphatic carbocycles. The number of rotatable bonds is 7. The first-order valence-corrected chi connectivity index (χ1v) is 9.71. The normalized spacial score (nSPS) is 16.6. The Labute approximate surface area is 161 Å². The largest absolute Gasteiger partial charge is 0.493 e. The Morgan fingerprint density at radius 2 is 1.89 bits per heavy atom. The first kappa shape index (κ1) is 19.3. The number of carbonyl (C=O) groups is 1. The highest BCUT2D eigenvalue weighted by Gasteiger charge is 2.29. The number of hydrogen-bond acceptors (Lipinski definition) is 4. The summed E-state index contributed by atoms with van der Waals surface area (Å²) in [4.78, 5) is 18.7. The Hall–Kier alpha value is -2.44. The first-order valence-electron chi connectivity index (χ1n) is 9.71. The van der Waals surface area contributed by atoms with Crippen LogP contribution in [0.1, 0.15) is 30.9 Å². The third-order valence-corrected chi connectivity index (χ3v) is 4.97. The molecule has 0 saturated heterocycles. The van der Waals surface area contributed by atoms with E-state index in [1.54, 1.807) is 14.2 Å². The summed E-state index contributed by atoms with van der Waals surface area (Å²) in [5.41, 5.74) is 2.52. The molecule has 3 rings (SSSR count). The molecule has 2 N–H and O–H groups in total. The number of hydrogen-bond donors (Lipinski definition) is 2. The zero-order valence-corrected chi connectivity index (χ0v) is 16.5. The number of nitrogens with zero attached hydrogens (tertiary/aromatic N) is 2. The highest BCUT2D eigenvalue weighted by molar-refractivity contribution is 5.81. The molecule has 148 valence electrons. The van der Waals surface area contributed by atoms with Crippen LogP contribution in [0, 0.1) is 5.92 Å². The van der Waals surface area contributed by atoms with Gasteiger partial charge in [-0.2, -0.15) is 0 Å². The summed E-state index contributed by atoms with van der Waals surface area (Å²) in [5.74, 6) is 2.83. The molecule has 1 fully saturated rings. The van der Waals surface area contributed by atoms with Crippen molar-refractivity contribution in [2.75, 3.05) is 40.4 Å². The maximum absolute atomic E-state index is 11.7. The molecule has 7 nitrogen and oxygen atoms in total. The molecule has 1 heterocycles. The SMILES string of the molecule is CCNC(=NCCNC(=O)C1CC1)N1CCc2cc(OC)c(OC)cc2C1. The van der Waals surface area contributed by atoms with Crippen molar-refractivity contribution in [3.63, 3.8) is 0 Å². The number of fused-ring (bicyclic) bond motifs is 1. The van der Waals surface area contributed by atoms with Gasteiger partial charge in [-0.3, -0.25) is 9.79 Å². The van der Waals surface area contributed by atoms with Gasteiger partial charge < -0.3 is 25.0 Å². The van der Waals surface area contributed by atoms with Crippen LogP contribution in [0.25, 0.3) is 0 Å². The quantitative estimate of drug-likeness (QED) is 0.430. The van der Waals surface area contributed by atoms with E-state index in [2.05, 4.69) is 34.6 Å². The van der Waals surface area contributed by atoms with Gasteiger partial charge in [0.05, 0.1) is 20.8 Å². The minimum atomic E-state index is 0.170. The highest BCUT2D eigenvalue weighted by atomic mass is 16.5. The average molecular weight is 374 g/mol. The molecule has 1 aromatic carbocycles. The van der Waals surface area contributed by atoms with Gasteiger partial charge in [0.1, 0.15) is 0 Å². The van der Waals surface area contributed by atoms with E-state index in [-0.39, 0.29) is 11.8 Å². The molecule has 2 aliphatic rings. The number of guanidine groups is 1. The third kappa shape index (κ3) is 4.84. The topological polar surface area (TPSA) is 75.2 Å². The van der Waals surface area contributed by atoms with Crippen LogP contribution in [0.5, 0.6) is 11.5 Å². The molecule has 0 spiro atoms. The Morgan fingerprint density at radius 1 is 1.19 bits per heavy atom. The Morgan fingerprint density at radius 3 is 2.52 bits per heavy atom. The number of methoxy groups -OCH3 is 2. The lowest BCUT2D eigenvalue weighted by Crippen LogP contribution is -2.44. The number of carbonyl (C=O) groups excluding carboxylic acids is 1. The predicted molar refractivity (Wildman–Crippen MR) is 105 cm³/mol. The molecule has 1 aliphatic heterocycles. The minimum Gasteiger partial charge on any atom is -0.493 e. The van der Waals surface area contributed by atoms with Crippen molar-refractivity contribution in [3.05, 3.63) is 23.3 Å². The second-order valence-electron chi connectivity index (χ2n) is 6.95. The van der Waals surface area contributed by atoms with Crippen molar-refractivity contribution in [2.45, 2.75) is 32.7 Å². The summed E-state index contributed by atoms with van der Waals surface area (Å²) in [6, 6.07) is 4.13. The first-order chi connectivity index (χ1) is 13.2. The summed E-state index contributed by atoms with van der Waals surface area (Å²) in [6.45, 7) is 5.70. The van der Waals surface area contributed by atoms with Gasteiger partial charge in [0.25, 0.3) is 0 Å². The van der Waals surface area contributed by atoms with Crippen LogP contribution in [0.15, 0.2) is 17.1 Å². The molecule has 1 aromatic rings. The fourth-order valence-corrected chi connectivity index (χ4v) is 3.32. The van der Waals surface area contributed by atoms with Crippen LogP contribution in [-0.2, 0) is 17.8 Å². The highest BCUT2D eigenvalue weighted by Crippen LogP contribution is 2.33. The van der Waals surface area contributed by atoms with Crippen LogP contribution in [0.2, 0.25) is 0 Å². The van der Waals surface area contributed by atoms with Crippen molar-refractivity contribution in [1.82, 2.24) is 15.5 Å². The second-order valence-corrected chi connectivity index (χ2v) is 6.95. The van der Waals surface area contributed by atoms with Gasteiger partial charge in [0, 0.05) is 32.1 Å². The van der Waals surface area contributed by atoms with Crippen LogP contribution in [-0.4, -0.2) is 57.2 Å². The van der Waals surface area contributed by atoms with E-state index in [1.165, 1.54) is 11.1 Å². The molecule has 0 atom stereocenters. The average Bonchev–Trinajstić information content (AvgIpc) is 3.54. The van der Waals surface area contributed by atoms with Crippen molar-refractivity contribution in [3.8, 4) is 11.5 Å². The van der Waals surface area contributed by atoms with E-state index in [0.29, 0.717) is 13.1 Å². The van der Waals surface area contributed by atoms with Crippen molar-refractivity contribution in [1.29, 1.82) is 0 Å². The van der Waals surface area contributed by atoms with E-state index < -0.39 is 0 Å². The molecule has 7 heteroatoms. The number of nitrogens with one attached hydrogen (secondary N) is 2. The Bertz CT molecular complexity index is 701. The van der Waals surface area contributed by atoms with Gasteiger partial charge in [-0.15, -0.1) is 0 Å². The Kier molecular flexibility index (Phi) is 6.42. The summed E-state index contributed by atoms with van der Waals surface area (Å²) >= 11 is 0. The number of benzene rings is 1. The summed E-state index contributed by atoms with van der Waals surface area (Å²) in [7, 11) is 3.32. The molecular formula is C20H30N4O3. The number of aliphatic imine (C=N–C) groups is 1. The van der Waals surface area contributed by atoms with Crippen molar-refractivity contribution >= 4 is 11.9 Å². The van der Waals surface area contributed by atoms with Gasteiger partial charge in [0.15, 0.2) is 17.5 Å². The standard InChI is InChI=1S/C20H30N4O3/c1-4-21-20(23-9-8-22-19(25)14-5-6-14)24-10-7-15-11-17(26-2)18(27-3)12-16(15)13-24/h11-12,14H,4-10,13H2,1-3H3,(H,21,23)(H,22,25). The van der Waals surface area contributed by atoms with Crippen LogP contribution >= 0.6 is 0 Å². The van der Waals surface area contributed by atoms with E-state index in [0.717, 1.165) is 56.4 Å². The van der Waals surface area contributed by atoms with Gasteiger partial charge in [0.2, 0.25) is 5.91 Å². The molecule has 1 amide bonds. The number of amides is 1. The molecule has 0 bridgehead atoms. The molecular weight excluding hydrogens is 344 g/mol. The maximum Gasteiger partial charge on any atom is 0.223 e. The zero-order chi connectivity index (χ0) is 19.2.